The van der Waals surface area contributed by atoms with E-state index in [1.54, 1.807) is 6.92 Å². The molecule has 0 spiro atoms. The van der Waals surface area contributed by atoms with E-state index in [2.05, 4.69) is 36.2 Å². The molecule has 0 aromatic heterocycles. The lowest BCUT2D eigenvalue weighted by Gasteiger charge is -2.51. The fourth-order valence-electron chi connectivity index (χ4n) is 4.28. The highest BCUT2D eigenvalue weighted by Gasteiger charge is 2.70. The van der Waals surface area contributed by atoms with Gasteiger partial charge in [-0.3, -0.25) is 9.59 Å². The SMILES string of the molecule is CCN(CC)c1ccc(SC(C)C(=O)N[C@@]2(C)C(=O)N3[C@@H](C(=O)O)C(C)(C)S[C@@H]32)cc1. The Bertz CT molecular complexity index is 872. The van der Waals surface area contributed by atoms with Crippen LogP contribution in [0.1, 0.15) is 41.5 Å². The second-order valence-corrected chi connectivity index (χ2v) is 11.8. The standard InChI is InChI=1S/C22H31N3O4S2/c1-7-24(8-2)14-9-11-15(12-10-14)30-13(3)17(26)23-22(6)19(29)25-16(18(27)28)21(4,5)31-20(22)25/h9-13,16,20H,7-8H2,1-6H3,(H,23,26)(H,27,28)/t13?,16-,20+,22-/m0/s1. The maximum Gasteiger partial charge on any atom is 0.327 e. The average molecular weight is 466 g/mol. The Balaban J connectivity index is 1.65. The van der Waals surface area contributed by atoms with Gasteiger partial charge in [-0.15, -0.1) is 23.5 Å². The molecule has 31 heavy (non-hydrogen) atoms. The number of fused-ring (bicyclic) bond motifs is 1. The van der Waals surface area contributed by atoms with Gasteiger partial charge in [0.05, 0.1) is 5.25 Å². The molecule has 4 atom stereocenters. The molecule has 0 saturated carbocycles. The summed E-state index contributed by atoms with van der Waals surface area (Å²) < 4.78 is -0.623. The molecule has 2 aliphatic rings. The summed E-state index contributed by atoms with van der Waals surface area (Å²) in [5, 5.41) is 11.7. The summed E-state index contributed by atoms with van der Waals surface area (Å²) in [6.07, 6.45) is 0. The summed E-state index contributed by atoms with van der Waals surface area (Å²) in [5.41, 5.74) is 0.0537. The van der Waals surface area contributed by atoms with E-state index in [9.17, 15) is 19.5 Å². The number of carbonyl (C=O) groups is 3. The van der Waals surface area contributed by atoms with Crippen molar-refractivity contribution in [3.8, 4) is 0 Å². The number of carboxylic acids is 1. The van der Waals surface area contributed by atoms with Crippen molar-refractivity contribution in [3.05, 3.63) is 24.3 Å². The minimum atomic E-state index is -1.09. The van der Waals surface area contributed by atoms with E-state index in [0.29, 0.717) is 0 Å². The number of carbonyl (C=O) groups excluding carboxylic acids is 2. The molecular formula is C22H31N3O4S2. The van der Waals surface area contributed by atoms with Gasteiger partial charge in [-0.2, -0.15) is 0 Å². The van der Waals surface area contributed by atoms with E-state index in [0.717, 1.165) is 23.7 Å². The molecule has 2 N–H and O–H groups in total. The summed E-state index contributed by atoms with van der Waals surface area (Å²) in [5.74, 6) is -1.58. The zero-order valence-corrected chi connectivity index (χ0v) is 20.5. The van der Waals surface area contributed by atoms with Crippen LogP contribution in [0, 0.1) is 0 Å². The van der Waals surface area contributed by atoms with E-state index < -0.39 is 27.5 Å². The Morgan fingerprint density at radius 1 is 1.23 bits per heavy atom. The van der Waals surface area contributed by atoms with Gasteiger partial charge in [-0.25, -0.2) is 4.79 Å². The summed E-state index contributed by atoms with van der Waals surface area (Å²) in [7, 11) is 0. The summed E-state index contributed by atoms with van der Waals surface area (Å²) in [6, 6.07) is 7.23. The first-order chi connectivity index (χ1) is 14.5. The number of thioether (sulfide) groups is 2. The largest absolute Gasteiger partial charge is 0.480 e. The molecule has 170 valence electrons. The fraction of sp³-hybridized carbons (Fsp3) is 0.591. The molecule has 2 heterocycles. The van der Waals surface area contributed by atoms with Crippen LogP contribution in [0.5, 0.6) is 0 Å². The highest BCUT2D eigenvalue weighted by Crippen LogP contribution is 2.54. The number of anilines is 1. The van der Waals surface area contributed by atoms with E-state index in [-0.39, 0.29) is 17.2 Å². The summed E-state index contributed by atoms with van der Waals surface area (Å²) in [4.78, 5) is 42.1. The Morgan fingerprint density at radius 3 is 2.32 bits per heavy atom. The third kappa shape index (κ3) is 4.14. The number of hydrogen-bond donors (Lipinski definition) is 2. The predicted octanol–water partition coefficient (Wildman–Crippen LogP) is 3.04. The average Bonchev–Trinajstić information content (AvgIpc) is 2.99. The second kappa shape index (κ2) is 8.58. The number of hydrogen-bond acceptors (Lipinski definition) is 6. The van der Waals surface area contributed by atoms with Crippen LogP contribution in [0.2, 0.25) is 0 Å². The van der Waals surface area contributed by atoms with Gasteiger partial charge in [0.1, 0.15) is 17.0 Å². The quantitative estimate of drug-likeness (QED) is 0.450. The topological polar surface area (TPSA) is 90.0 Å². The maximum absolute atomic E-state index is 12.9. The van der Waals surface area contributed by atoms with Crippen molar-refractivity contribution in [2.75, 3.05) is 18.0 Å². The zero-order valence-electron chi connectivity index (χ0n) is 18.8. The first kappa shape index (κ1) is 23.8. The summed E-state index contributed by atoms with van der Waals surface area (Å²) in [6.45, 7) is 13.3. The predicted molar refractivity (Wildman–Crippen MR) is 126 cm³/mol. The molecule has 7 nitrogen and oxygen atoms in total. The third-order valence-corrected chi connectivity index (χ3v) is 8.91. The molecule has 1 aromatic carbocycles. The molecule has 0 bridgehead atoms. The first-order valence-corrected chi connectivity index (χ1v) is 12.3. The number of β-lactam (4-membered cyclic amide) rings is 1. The van der Waals surface area contributed by atoms with Crippen molar-refractivity contribution in [2.45, 2.75) is 73.4 Å². The molecule has 0 radical (unpaired) electrons. The molecule has 2 saturated heterocycles. The molecule has 9 heteroatoms. The second-order valence-electron chi connectivity index (χ2n) is 8.64. The van der Waals surface area contributed by atoms with Gasteiger partial charge in [0.25, 0.3) is 5.91 Å². The molecule has 1 unspecified atom stereocenters. The lowest BCUT2D eigenvalue weighted by Crippen LogP contribution is -2.78. The van der Waals surface area contributed by atoms with Gasteiger partial charge in [0.2, 0.25) is 5.91 Å². The number of nitrogens with zero attached hydrogens (tertiary/aromatic N) is 2. The van der Waals surface area contributed by atoms with Gasteiger partial charge in [0, 0.05) is 28.4 Å². The van der Waals surface area contributed by atoms with E-state index >= 15 is 0 Å². The Hall–Kier alpha value is -1.87. The number of nitrogens with one attached hydrogen (secondary N) is 1. The minimum absolute atomic E-state index is 0.231. The zero-order chi connectivity index (χ0) is 23.1. The number of aliphatic carboxylic acids is 1. The van der Waals surface area contributed by atoms with Crippen LogP contribution < -0.4 is 10.2 Å². The Labute approximate surface area is 192 Å². The van der Waals surface area contributed by atoms with Gasteiger partial charge >= 0.3 is 5.97 Å². The van der Waals surface area contributed by atoms with Crippen LogP contribution in [0.25, 0.3) is 0 Å². The van der Waals surface area contributed by atoms with Crippen LogP contribution in [0.15, 0.2) is 29.2 Å². The van der Waals surface area contributed by atoms with Crippen LogP contribution in [0.4, 0.5) is 5.69 Å². The van der Waals surface area contributed by atoms with E-state index in [1.165, 1.54) is 28.4 Å². The van der Waals surface area contributed by atoms with E-state index in [1.807, 2.05) is 32.9 Å². The number of benzene rings is 1. The molecular weight excluding hydrogens is 434 g/mol. The normalized spacial score (nSPS) is 27.3. The first-order valence-electron chi connectivity index (χ1n) is 10.5. The highest BCUT2D eigenvalue weighted by atomic mass is 32.2. The number of amides is 2. The summed E-state index contributed by atoms with van der Waals surface area (Å²) >= 11 is 2.87. The van der Waals surface area contributed by atoms with Crippen molar-refractivity contribution in [1.82, 2.24) is 10.2 Å². The number of carboxylic acid groups (broad SMARTS) is 1. The Kier molecular flexibility index (Phi) is 6.58. The van der Waals surface area contributed by atoms with Crippen LogP contribution in [0.3, 0.4) is 0 Å². The molecule has 2 fully saturated rings. The third-order valence-electron chi connectivity index (χ3n) is 6.04. The minimum Gasteiger partial charge on any atom is -0.480 e. The fourth-order valence-corrected chi connectivity index (χ4v) is 6.79. The Morgan fingerprint density at radius 2 is 1.81 bits per heavy atom. The monoisotopic (exact) mass is 465 g/mol. The smallest absolute Gasteiger partial charge is 0.327 e. The van der Waals surface area contributed by atoms with Crippen molar-refractivity contribution in [2.24, 2.45) is 0 Å². The van der Waals surface area contributed by atoms with Gasteiger partial charge in [-0.1, -0.05) is 0 Å². The van der Waals surface area contributed by atoms with Crippen LogP contribution in [-0.2, 0) is 14.4 Å². The van der Waals surface area contributed by atoms with Crippen molar-refractivity contribution < 1.29 is 19.5 Å². The lowest BCUT2D eigenvalue weighted by atomic mass is 9.86. The molecule has 2 amide bonds. The van der Waals surface area contributed by atoms with Crippen molar-refractivity contribution in [3.63, 3.8) is 0 Å². The maximum atomic E-state index is 12.9. The highest BCUT2D eigenvalue weighted by molar-refractivity contribution is 8.01. The molecule has 3 rings (SSSR count). The molecule has 2 aliphatic heterocycles. The van der Waals surface area contributed by atoms with Gasteiger partial charge in [0.15, 0.2) is 0 Å². The van der Waals surface area contributed by atoms with Crippen LogP contribution in [-0.4, -0.2) is 67.8 Å². The van der Waals surface area contributed by atoms with Crippen LogP contribution >= 0.6 is 23.5 Å². The van der Waals surface area contributed by atoms with E-state index in [4.69, 9.17) is 0 Å². The van der Waals surface area contributed by atoms with Gasteiger partial charge < -0.3 is 20.2 Å². The molecule has 1 aromatic rings. The number of rotatable bonds is 8. The van der Waals surface area contributed by atoms with Crippen molar-refractivity contribution >= 4 is 47.0 Å². The lowest BCUT2D eigenvalue weighted by molar-refractivity contribution is -0.167. The van der Waals surface area contributed by atoms with Crippen molar-refractivity contribution in [1.29, 1.82) is 0 Å². The van der Waals surface area contributed by atoms with Gasteiger partial charge in [-0.05, 0) is 65.8 Å². The molecule has 0 aliphatic carbocycles.